The number of nitrogens with zero attached hydrogens (tertiary/aromatic N) is 1. The van der Waals surface area contributed by atoms with Gasteiger partial charge in [-0.2, -0.15) is 0 Å². The third kappa shape index (κ3) is 2.13. The topological polar surface area (TPSA) is 29.3 Å². The number of hydrogen-bond donors (Lipinski definition) is 1. The number of hydrogen-bond acceptors (Lipinski definition) is 3. The van der Waals surface area contributed by atoms with E-state index in [1.807, 2.05) is 11.3 Å². The standard InChI is InChI=1S/C9H13BrN2S/c10-9-5-7-6-12(4-2-11)3-1-8(7)13-9/h5H,1-4,6,11H2. The number of nitrogens with two attached hydrogens (primary N) is 1. The Hall–Kier alpha value is 0.100. The van der Waals surface area contributed by atoms with E-state index in [2.05, 4.69) is 26.9 Å². The summed E-state index contributed by atoms with van der Waals surface area (Å²) in [5, 5.41) is 0. The van der Waals surface area contributed by atoms with E-state index in [9.17, 15) is 0 Å². The summed E-state index contributed by atoms with van der Waals surface area (Å²) in [5.41, 5.74) is 7.02. The SMILES string of the molecule is NCCN1CCc2sc(Br)cc2C1. The van der Waals surface area contributed by atoms with E-state index in [4.69, 9.17) is 5.73 Å². The maximum atomic E-state index is 5.54. The molecule has 1 aromatic rings. The van der Waals surface area contributed by atoms with E-state index in [-0.39, 0.29) is 0 Å². The quantitative estimate of drug-likeness (QED) is 0.880. The average Bonchev–Trinajstić information content (AvgIpc) is 2.44. The molecule has 2 rings (SSSR count). The molecular weight excluding hydrogens is 248 g/mol. The van der Waals surface area contributed by atoms with Gasteiger partial charge in [0, 0.05) is 31.1 Å². The molecule has 0 radical (unpaired) electrons. The molecule has 1 aliphatic heterocycles. The maximum absolute atomic E-state index is 5.54. The first kappa shape index (κ1) is 9.65. The molecule has 0 aliphatic carbocycles. The summed E-state index contributed by atoms with van der Waals surface area (Å²) in [4.78, 5) is 3.96. The van der Waals surface area contributed by atoms with Crippen LogP contribution >= 0.6 is 27.3 Å². The third-order valence-corrected chi connectivity index (χ3v) is 4.10. The van der Waals surface area contributed by atoms with E-state index in [0.717, 1.165) is 26.2 Å². The lowest BCUT2D eigenvalue weighted by Gasteiger charge is -2.25. The molecule has 13 heavy (non-hydrogen) atoms. The van der Waals surface area contributed by atoms with E-state index < -0.39 is 0 Å². The van der Waals surface area contributed by atoms with Gasteiger partial charge in [-0.05, 0) is 34.0 Å². The average molecular weight is 261 g/mol. The number of fused-ring (bicyclic) bond motifs is 1. The van der Waals surface area contributed by atoms with Gasteiger partial charge in [-0.1, -0.05) is 0 Å². The molecule has 1 aliphatic rings. The summed E-state index contributed by atoms with van der Waals surface area (Å²) in [6, 6.07) is 2.24. The molecule has 0 unspecified atom stereocenters. The third-order valence-electron chi connectivity index (χ3n) is 2.36. The fraction of sp³-hybridized carbons (Fsp3) is 0.556. The Morgan fingerprint density at radius 2 is 2.46 bits per heavy atom. The highest BCUT2D eigenvalue weighted by Crippen LogP contribution is 2.31. The molecule has 4 heteroatoms. The van der Waals surface area contributed by atoms with Crippen molar-refractivity contribution in [2.75, 3.05) is 19.6 Å². The molecule has 0 fully saturated rings. The van der Waals surface area contributed by atoms with Crippen LogP contribution in [0.15, 0.2) is 9.85 Å². The van der Waals surface area contributed by atoms with Crippen molar-refractivity contribution >= 4 is 27.3 Å². The summed E-state index contributed by atoms with van der Waals surface area (Å²) in [5.74, 6) is 0. The zero-order valence-electron chi connectivity index (χ0n) is 7.42. The van der Waals surface area contributed by atoms with Crippen molar-refractivity contribution in [3.8, 4) is 0 Å². The molecule has 0 atom stereocenters. The van der Waals surface area contributed by atoms with Crippen molar-refractivity contribution in [3.05, 3.63) is 20.3 Å². The van der Waals surface area contributed by atoms with Crippen molar-refractivity contribution in [1.82, 2.24) is 4.90 Å². The summed E-state index contributed by atoms with van der Waals surface area (Å²) in [7, 11) is 0. The van der Waals surface area contributed by atoms with Crippen LogP contribution in [0.3, 0.4) is 0 Å². The zero-order chi connectivity index (χ0) is 9.26. The molecular formula is C9H13BrN2S. The highest BCUT2D eigenvalue weighted by Gasteiger charge is 2.17. The van der Waals surface area contributed by atoms with Crippen LogP contribution in [-0.2, 0) is 13.0 Å². The monoisotopic (exact) mass is 260 g/mol. The molecule has 0 amide bonds. The van der Waals surface area contributed by atoms with Gasteiger partial charge in [0.15, 0.2) is 0 Å². The first-order valence-electron chi connectivity index (χ1n) is 4.49. The molecule has 0 saturated heterocycles. The second kappa shape index (κ2) is 4.09. The van der Waals surface area contributed by atoms with Crippen molar-refractivity contribution < 1.29 is 0 Å². The van der Waals surface area contributed by atoms with Crippen LogP contribution in [0, 0.1) is 0 Å². The molecule has 72 valence electrons. The van der Waals surface area contributed by atoms with E-state index in [1.54, 1.807) is 4.88 Å². The molecule has 2 N–H and O–H groups in total. The van der Waals surface area contributed by atoms with Gasteiger partial charge < -0.3 is 5.73 Å². The maximum Gasteiger partial charge on any atom is 0.0704 e. The van der Waals surface area contributed by atoms with Crippen LogP contribution in [-0.4, -0.2) is 24.5 Å². The minimum atomic E-state index is 0.765. The van der Waals surface area contributed by atoms with Gasteiger partial charge >= 0.3 is 0 Å². The lowest BCUT2D eigenvalue weighted by molar-refractivity contribution is 0.263. The van der Waals surface area contributed by atoms with Crippen molar-refractivity contribution in [3.63, 3.8) is 0 Å². The second-order valence-corrected chi connectivity index (χ2v) is 5.83. The Balaban J connectivity index is 2.10. The van der Waals surface area contributed by atoms with Crippen molar-refractivity contribution in [1.29, 1.82) is 0 Å². The number of thiophene rings is 1. The van der Waals surface area contributed by atoms with Gasteiger partial charge in [0.2, 0.25) is 0 Å². The zero-order valence-corrected chi connectivity index (χ0v) is 9.83. The van der Waals surface area contributed by atoms with Gasteiger partial charge in [-0.25, -0.2) is 0 Å². The molecule has 0 spiro atoms. The van der Waals surface area contributed by atoms with Crippen LogP contribution in [0.1, 0.15) is 10.4 Å². The Morgan fingerprint density at radius 3 is 3.23 bits per heavy atom. The van der Waals surface area contributed by atoms with Crippen LogP contribution in [0.4, 0.5) is 0 Å². The summed E-state index contributed by atoms with van der Waals surface area (Å²) in [6.45, 7) is 4.03. The minimum Gasteiger partial charge on any atom is -0.329 e. The Labute approximate surface area is 90.9 Å². The highest BCUT2D eigenvalue weighted by atomic mass is 79.9. The van der Waals surface area contributed by atoms with Gasteiger partial charge in [-0.15, -0.1) is 11.3 Å². The van der Waals surface area contributed by atoms with Gasteiger partial charge in [0.1, 0.15) is 0 Å². The van der Waals surface area contributed by atoms with E-state index in [0.29, 0.717) is 0 Å². The summed E-state index contributed by atoms with van der Waals surface area (Å²) >= 11 is 5.40. The Kier molecular flexibility index (Phi) is 3.03. The van der Waals surface area contributed by atoms with Crippen LogP contribution < -0.4 is 5.73 Å². The lowest BCUT2D eigenvalue weighted by Crippen LogP contribution is -2.33. The smallest absolute Gasteiger partial charge is 0.0704 e. The molecule has 2 nitrogen and oxygen atoms in total. The van der Waals surface area contributed by atoms with Crippen molar-refractivity contribution in [2.24, 2.45) is 5.73 Å². The predicted octanol–water partition coefficient (Wildman–Crippen LogP) is 1.83. The fourth-order valence-electron chi connectivity index (χ4n) is 1.73. The van der Waals surface area contributed by atoms with E-state index >= 15 is 0 Å². The normalized spacial score (nSPS) is 17.4. The number of rotatable bonds is 2. The molecule has 0 bridgehead atoms. The number of halogens is 1. The lowest BCUT2D eigenvalue weighted by atomic mass is 10.1. The van der Waals surface area contributed by atoms with E-state index in [1.165, 1.54) is 15.8 Å². The summed E-state index contributed by atoms with van der Waals surface area (Å²) < 4.78 is 1.26. The first-order chi connectivity index (χ1) is 6.29. The minimum absolute atomic E-state index is 0.765. The Bertz CT molecular complexity index is 298. The van der Waals surface area contributed by atoms with Gasteiger partial charge in [0.25, 0.3) is 0 Å². The fourth-order valence-corrected chi connectivity index (χ4v) is 3.48. The predicted molar refractivity (Wildman–Crippen MR) is 60.1 cm³/mol. The molecule has 1 aromatic heterocycles. The van der Waals surface area contributed by atoms with Crippen LogP contribution in [0.2, 0.25) is 0 Å². The van der Waals surface area contributed by atoms with Crippen LogP contribution in [0.25, 0.3) is 0 Å². The largest absolute Gasteiger partial charge is 0.329 e. The highest BCUT2D eigenvalue weighted by molar-refractivity contribution is 9.11. The molecule has 0 saturated carbocycles. The molecule has 0 aromatic carbocycles. The second-order valence-electron chi connectivity index (χ2n) is 3.31. The van der Waals surface area contributed by atoms with Gasteiger partial charge in [-0.3, -0.25) is 4.90 Å². The first-order valence-corrected chi connectivity index (χ1v) is 6.10. The Morgan fingerprint density at radius 1 is 1.62 bits per heavy atom. The van der Waals surface area contributed by atoms with Crippen LogP contribution in [0.5, 0.6) is 0 Å². The summed E-state index contributed by atoms with van der Waals surface area (Å²) in [6.07, 6.45) is 1.19. The molecule has 2 heterocycles. The van der Waals surface area contributed by atoms with Gasteiger partial charge in [0.05, 0.1) is 3.79 Å². The van der Waals surface area contributed by atoms with Crippen molar-refractivity contribution in [2.45, 2.75) is 13.0 Å².